The number of aliphatic hydroxyl groups is 3. The predicted octanol–water partition coefficient (Wildman–Crippen LogP) is 1.06. The van der Waals surface area contributed by atoms with Crippen molar-refractivity contribution in [3.05, 3.63) is 66.5 Å². The van der Waals surface area contributed by atoms with Crippen molar-refractivity contribution >= 4 is 5.97 Å². The summed E-state index contributed by atoms with van der Waals surface area (Å²) in [5.74, 6) is 4.26. The van der Waals surface area contributed by atoms with Crippen molar-refractivity contribution in [3.8, 4) is 17.6 Å². The topological polar surface area (TPSA) is 116 Å². The quantitative estimate of drug-likeness (QED) is 0.321. The van der Waals surface area contributed by atoms with Crippen LogP contribution in [0.2, 0.25) is 0 Å². The van der Waals surface area contributed by atoms with Crippen molar-refractivity contribution in [1.29, 1.82) is 0 Å². The molecule has 0 saturated heterocycles. The van der Waals surface area contributed by atoms with Gasteiger partial charge in [-0.05, 0) is 42.5 Å². The van der Waals surface area contributed by atoms with E-state index in [1.807, 2.05) is 0 Å². The average Bonchev–Trinajstić information content (AvgIpc) is 2.69. The summed E-state index contributed by atoms with van der Waals surface area (Å²) in [6.07, 6.45) is 5.35. The van der Waals surface area contributed by atoms with Crippen molar-refractivity contribution in [2.24, 2.45) is 0 Å². The van der Waals surface area contributed by atoms with Crippen LogP contribution in [0.1, 0.15) is 0 Å². The molecule has 0 heterocycles. The first kappa shape index (κ1) is 24.1. The first-order chi connectivity index (χ1) is 13.9. The molecular formula is C21H23FO7. The Bertz CT molecular complexity index is 759. The molecule has 1 aromatic rings. The molecule has 3 atom stereocenters. The van der Waals surface area contributed by atoms with Gasteiger partial charge in [-0.15, -0.1) is 0 Å². The van der Waals surface area contributed by atoms with Crippen LogP contribution < -0.4 is 4.74 Å². The van der Waals surface area contributed by atoms with Crippen LogP contribution in [0.15, 0.2) is 60.7 Å². The summed E-state index contributed by atoms with van der Waals surface area (Å²) < 4.78 is 22.7. The molecule has 0 aromatic heterocycles. The Balaban J connectivity index is 2.27. The van der Waals surface area contributed by atoms with Gasteiger partial charge in [0.15, 0.2) is 0 Å². The fourth-order valence-corrected chi connectivity index (χ4v) is 1.80. The van der Waals surface area contributed by atoms with Crippen molar-refractivity contribution in [2.75, 3.05) is 19.8 Å². The molecule has 0 spiro atoms. The molecule has 0 unspecified atom stereocenters. The van der Waals surface area contributed by atoms with Crippen LogP contribution in [-0.4, -0.2) is 64.5 Å². The molecule has 1 rings (SSSR count). The number of ether oxygens (including phenoxy) is 2. The van der Waals surface area contributed by atoms with Crippen molar-refractivity contribution in [1.82, 2.24) is 0 Å². The second-order valence-corrected chi connectivity index (χ2v) is 5.69. The summed E-state index contributed by atoms with van der Waals surface area (Å²) >= 11 is 0. The predicted molar refractivity (Wildman–Crippen MR) is 104 cm³/mol. The van der Waals surface area contributed by atoms with Crippen LogP contribution in [0.5, 0.6) is 5.75 Å². The number of carboxylic acids is 1. The number of hydrogen-bond donors (Lipinski definition) is 4. The number of halogens is 1. The minimum absolute atomic E-state index is 0.00121. The van der Waals surface area contributed by atoms with E-state index < -0.39 is 30.9 Å². The maximum absolute atomic E-state index is 12.8. The van der Waals surface area contributed by atoms with E-state index in [1.54, 1.807) is 0 Å². The summed E-state index contributed by atoms with van der Waals surface area (Å²) in [7, 11) is 0. The molecule has 0 amide bonds. The molecule has 4 N–H and O–H groups in total. The van der Waals surface area contributed by atoms with Gasteiger partial charge in [0.25, 0.3) is 0 Å². The summed E-state index contributed by atoms with van der Waals surface area (Å²) in [4.78, 5) is 10.3. The second-order valence-electron chi connectivity index (χ2n) is 5.69. The van der Waals surface area contributed by atoms with E-state index in [0.29, 0.717) is 5.75 Å². The largest absolute Gasteiger partial charge is 0.491 e. The zero-order chi connectivity index (χ0) is 21.5. The number of allylic oxidation sites excluding steroid dienone is 4. The molecule has 0 saturated carbocycles. The molecule has 0 aliphatic heterocycles. The Hall–Kier alpha value is -2.96. The van der Waals surface area contributed by atoms with E-state index in [2.05, 4.69) is 16.6 Å². The number of hydrogen-bond acceptors (Lipinski definition) is 6. The molecular weight excluding hydrogens is 383 g/mol. The summed E-state index contributed by atoms with van der Waals surface area (Å²) in [6, 6.07) is 5.44. The van der Waals surface area contributed by atoms with Gasteiger partial charge in [0.05, 0.1) is 6.61 Å². The summed E-state index contributed by atoms with van der Waals surface area (Å²) in [6.45, 7) is -0.859. The number of carbonyl (C=O) groups is 1. The zero-order valence-electron chi connectivity index (χ0n) is 15.5. The Morgan fingerprint density at radius 1 is 1.03 bits per heavy atom. The van der Waals surface area contributed by atoms with E-state index in [9.17, 15) is 24.5 Å². The molecule has 0 bridgehead atoms. The van der Waals surface area contributed by atoms with E-state index >= 15 is 0 Å². The van der Waals surface area contributed by atoms with Crippen LogP contribution in [0, 0.1) is 17.7 Å². The third-order valence-corrected chi connectivity index (χ3v) is 3.23. The highest BCUT2D eigenvalue weighted by Gasteiger charge is 2.13. The van der Waals surface area contributed by atoms with Crippen LogP contribution in [0.4, 0.5) is 4.39 Å². The van der Waals surface area contributed by atoms with Crippen molar-refractivity contribution in [2.45, 2.75) is 18.3 Å². The Labute approximate surface area is 168 Å². The lowest BCUT2D eigenvalue weighted by molar-refractivity contribution is -0.143. The summed E-state index contributed by atoms with van der Waals surface area (Å²) in [5, 5.41) is 37.3. The molecule has 0 aliphatic carbocycles. The first-order valence-electron chi connectivity index (χ1n) is 8.61. The highest BCUT2D eigenvalue weighted by atomic mass is 19.1. The standard InChI is InChI=1S/C21H23FO7/c22-16-9-11-18(12-10-16)29-13-17(23)7-5-3-1-2-4-6-8-19(24)20(25)14-28-15-21(26)27/h2,4-12,17,19-20,23-25H,13-15H2,(H,26,27)/t17-,19+,20+/m1/s1. The van der Waals surface area contributed by atoms with Gasteiger partial charge in [0.2, 0.25) is 0 Å². The minimum atomic E-state index is -1.24. The van der Waals surface area contributed by atoms with Gasteiger partial charge in [-0.2, -0.15) is 0 Å². The van der Waals surface area contributed by atoms with Crippen molar-refractivity contribution in [3.63, 3.8) is 0 Å². The summed E-state index contributed by atoms with van der Waals surface area (Å²) in [5.41, 5.74) is 0. The third kappa shape index (κ3) is 12.2. The molecule has 8 heteroatoms. The Morgan fingerprint density at radius 2 is 1.72 bits per heavy atom. The van der Waals surface area contributed by atoms with Crippen LogP contribution in [0.25, 0.3) is 0 Å². The molecule has 7 nitrogen and oxygen atoms in total. The highest BCUT2D eigenvalue weighted by Crippen LogP contribution is 2.11. The Morgan fingerprint density at radius 3 is 2.41 bits per heavy atom. The average molecular weight is 406 g/mol. The van der Waals surface area contributed by atoms with Gasteiger partial charge in [0.1, 0.15) is 43.1 Å². The van der Waals surface area contributed by atoms with E-state index in [4.69, 9.17) is 9.84 Å². The van der Waals surface area contributed by atoms with Gasteiger partial charge in [0, 0.05) is 0 Å². The van der Waals surface area contributed by atoms with Crippen LogP contribution in [0.3, 0.4) is 0 Å². The molecule has 29 heavy (non-hydrogen) atoms. The molecule has 156 valence electrons. The molecule has 0 fully saturated rings. The number of carboxylic acid groups (broad SMARTS) is 1. The van der Waals surface area contributed by atoms with Gasteiger partial charge < -0.3 is 29.9 Å². The number of benzene rings is 1. The third-order valence-electron chi connectivity index (χ3n) is 3.23. The molecule has 1 aromatic carbocycles. The fourth-order valence-electron chi connectivity index (χ4n) is 1.80. The van der Waals surface area contributed by atoms with Gasteiger partial charge in [-0.1, -0.05) is 30.1 Å². The van der Waals surface area contributed by atoms with Crippen LogP contribution >= 0.6 is 0 Å². The smallest absolute Gasteiger partial charge is 0.329 e. The fraction of sp³-hybridized carbons (Fsp3) is 0.286. The molecule has 0 radical (unpaired) electrons. The maximum atomic E-state index is 12.8. The Kier molecular flexibility index (Phi) is 11.7. The zero-order valence-corrected chi connectivity index (χ0v) is 15.5. The van der Waals surface area contributed by atoms with Crippen LogP contribution in [-0.2, 0) is 9.53 Å². The van der Waals surface area contributed by atoms with E-state index in [-0.39, 0.29) is 19.0 Å². The number of rotatable bonds is 11. The van der Waals surface area contributed by atoms with Gasteiger partial charge in [-0.3, -0.25) is 0 Å². The SMILES string of the molecule is O=C(O)COC[C@H](O)[C@@H](O)C=CC=CC#CC=C[C@@H](O)COc1ccc(F)cc1. The highest BCUT2D eigenvalue weighted by molar-refractivity contribution is 5.67. The maximum Gasteiger partial charge on any atom is 0.329 e. The lowest BCUT2D eigenvalue weighted by atomic mass is 10.2. The van der Waals surface area contributed by atoms with E-state index in [1.165, 1.54) is 60.7 Å². The first-order valence-corrected chi connectivity index (χ1v) is 8.61. The van der Waals surface area contributed by atoms with E-state index in [0.717, 1.165) is 0 Å². The lowest BCUT2D eigenvalue weighted by Crippen LogP contribution is -2.29. The number of aliphatic carboxylic acids is 1. The van der Waals surface area contributed by atoms with Gasteiger partial charge in [-0.25, -0.2) is 9.18 Å². The number of aliphatic hydroxyl groups excluding tert-OH is 3. The molecule has 0 aliphatic rings. The monoisotopic (exact) mass is 406 g/mol. The second kappa shape index (κ2) is 14.1. The normalized spacial score (nSPS) is 14.6. The van der Waals surface area contributed by atoms with Crippen molar-refractivity contribution < 1.29 is 39.1 Å². The lowest BCUT2D eigenvalue weighted by Gasteiger charge is -2.13. The van der Waals surface area contributed by atoms with Gasteiger partial charge >= 0.3 is 5.97 Å². The minimum Gasteiger partial charge on any atom is -0.491 e.